The van der Waals surface area contributed by atoms with Crippen LogP contribution in [-0.4, -0.2) is 14.8 Å². The fourth-order valence-electron chi connectivity index (χ4n) is 0.908. The molecule has 4 nitrogen and oxygen atoms in total. The molecular formula is C8H11N3OS. The van der Waals surface area contributed by atoms with Gasteiger partial charge in [0.1, 0.15) is 0 Å². The molecule has 1 heterocycles. The lowest BCUT2D eigenvalue weighted by Gasteiger charge is -2.02. The van der Waals surface area contributed by atoms with E-state index in [-0.39, 0.29) is 5.56 Å². The number of thiocarbonyl (C=S) groups is 1. The second kappa shape index (κ2) is 4.13. The molecule has 1 aromatic rings. The van der Waals surface area contributed by atoms with Crippen LogP contribution in [0.3, 0.4) is 0 Å². The number of aromatic nitrogens is 2. The van der Waals surface area contributed by atoms with Crippen LogP contribution >= 0.6 is 12.2 Å². The van der Waals surface area contributed by atoms with Crippen LogP contribution in [0.1, 0.15) is 12.0 Å². The number of nitrogens with zero attached hydrogens (tertiary/aromatic N) is 2. The van der Waals surface area contributed by atoms with E-state index in [0.717, 1.165) is 5.56 Å². The Bertz CT molecular complexity index is 372. The molecule has 1 aromatic heterocycles. The summed E-state index contributed by atoms with van der Waals surface area (Å²) in [4.78, 5) is 11.7. The second-order valence-electron chi connectivity index (χ2n) is 2.81. The molecule has 0 saturated carbocycles. The molecule has 2 N–H and O–H groups in total. The quantitative estimate of drug-likeness (QED) is 0.704. The molecule has 0 radical (unpaired) electrons. The number of hydrogen-bond donors (Lipinski definition) is 1. The summed E-state index contributed by atoms with van der Waals surface area (Å²) in [5.41, 5.74) is 6.05. The standard InChI is InChI=1S/C8H11N3OS/c1-6-4-8(12)11(10-5-6)3-2-7(9)13/h4-5H,2-3H2,1H3,(H2,9,13). The molecule has 0 spiro atoms. The first-order valence-electron chi connectivity index (χ1n) is 3.91. The summed E-state index contributed by atoms with van der Waals surface area (Å²) >= 11 is 4.70. The monoisotopic (exact) mass is 197 g/mol. The summed E-state index contributed by atoms with van der Waals surface area (Å²) in [5, 5.41) is 3.94. The van der Waals surface area contributed by atoms with Gasteiger partial charge in [-0.3, -0.25) is 4.79 Å². The third-order valence-electron chi connectivity index (χ3n) is 1.58. The minimum absolute atomic E-state index is 0.115. The Labute approximate surface area is 81.4 Å². The number of nitrogens with two attached hydrogens (primary N) is 1. The third-order valence-corrected chi connectivity index (χ3v) is 1.78. The maximum Gasteiger partial charge on any atom is 0.266 e. The van der Waals surface area contributed by atoms with Crippen LogP contribution in [0.4, 0.5) is 0 Å². The van der Waals surface area contributed by atoms with Crippen molar-refractivity contribution in [2.24, 2.45) is 5.73 Å². The highest BCUT2D eigenvalue weighted by molar-refractivity contribution is 7.80. The van der Waals surface area contributed by atoms with Gasteiger partial charge in [0, 0.05) is 12.5 Å². The van der Waals surface area contributed by atoms with E-state index in [2.05, 4.69) is 5.10 Å². The van der Waals surface area contributed by atoms with E-state index in [1.807, 2.05) is 6.92 Å². The van der Waals surface area contributed by atoms with Gasteiger partial charge in [-0.2, -0.15) is 5.10 Å². The topological polar surface area (TPSA) is 60.9 Å². The van der Waals surface area contributed by atoms with E-state index in [1.165, 1.54) is 10.7 Å². The minimum Gasteiger partial charge on any atom is -0.393 e. The lowest BCUT2D eigenvalue weighted by Crippen LogP contribution is -2.24. The Morgan fingerprint density at radius 1 is 1.77 bits per heavy atom. The van der Waals surface area contributed by atoms with Crippen molar-refractivity contribution in [3.63, 3.8) is 0 Å². The molecule has 13 heavy (non-hydrogen) atoms. The van der Waals surface area contributed by atoms with Crippen LogP contribution in [0.2, 0.25) is 0 Å². The van der Waals surface area contributed by atoms with E-state index in [4.69, 9.17) is 18.0 Å². The van der Waals surface area contributed by atoms with Crippen molar-refractivity contribution in [2.45, 2.75) is 19.9 Å². The molecule has 0 saturated heterocycles. The van der Waals surface area contributed by atoms with Crippen molar-refractivity contribution in [1.29, 1.82) is 0 Å². The molecule has 0 bridgehead atoms. The zero-order chi connectivity index (χ0) is 9.84. The third kappa shape index (κ3) is 2.95. The second-order valence-corrected chi connectivity index (χ2v) is 3.33. The normalized spacial score (nSPS) is 9.92. The summed E-state index contributed by atoms with van der Waals surface area (Å²) in [6, 6.07) is 1.53. The summed E-state index contributed by atoms with van der Waals surface area (Å²) in [5.74, 6) is 0. The molecular weight excluding hydrogens is 186 g/mol. The largest absolute Gasteiger partial charge is 0.393 e. The van der Waals surface area contributed by atoms with Crippen LogP contribution < -0.4 is 11.3 Å². The summed E-state index contributed by atoms with van der Waals surface area (Å²) in [6.07, 6.45) is 2.15. The Hall–Kier alpha value is -1.23. The molecule has 1 rings (SSSR count). The van der Waals surface area contributed by atoms with Gasteiger partial charge >= 0.3 is 0 Å². The Morgan fingerprint density at radius 3 is 3.00 bits per heavy atom. The van der Waals surface area contributed by atoms with Gasteiger partial charge in [0.2, 0.25) is 0 Å². The van der Waals surface area contributed by atoms with Crippen LogP contribution in [-0.2, 0) is 6.54 Å². The molecule has 0 aliphatic heterocycles. The van der Waals surface area contributed by atoms with Crippen molar-refractivity contribution in [2.75, 3.05) is 0 Å². The molecule has 0 aromatic carbocycles. The molecule has 0 atom stereocenters. The number of aryl methyl sites for hydroxylation is 2. The molecule has 0 aliphatic carbocycles. The first kappa shape index (κ1) is 9.85. The average molecular weight is 197 g/mol. The van der Waals surface area contributed by atoms with Gasteiger partial charge in [-0.15, -0.1) is 0 Å². The Kier molecular flexibility index (Phi) is 3.13. The van der Waals surface area contributed by atoms with Crippen LogP contribution in [0, 0.1) is 6.92 Å². The van der Waals surface area contributed by atoms with Crippen molar-refractivity contribution < 1.29 is 0 Å². The van der Waals surface area contributed by atoms with E-state index in [9.17, 15) is 4.79 Å². The van der Waals surface area contributed by atoms with E-state index in [0.29, 0.717) is 18.0 Å². The fraction of sp³-hybridized carbons (Fsp3) is 0.375. The van der Waals surface area contributed by atoms with Gasteiger partial charge in [-0.05, 0) is 12.5 Å². The van der Waals surface area contributed by atoms with Crippen LogP contribution in [0.15, 0.2) is 17.1 Å². The maximum absolute atomic E-state index is 11.3. The van der Waals surface area contributed by atoms with Crippen LogP contribution in [0.25, 0.3) is 0 Å². The molecule has 70 valence electrons. The van der Waals surface area contributed by atoms with Gasteiger partial charge in [-0.1, -0.05) is 12.2 Å². The minimum atomic E-state index is -0.115. The fourth-order valence-corrected chi connectivity index (χ4v) is 1.000. The highest BCUT2D eigenvalue weighted by atomic mass is 32.1. The van der Waals surface area contributed by atoms with E-state index < -0.39 is 0 Å². The van der Waals surface area contributed by atoms with Crippen molar-refractivity contribution >= 4 is 17.2 Å². The SMILES string of the molecule is Cc1cnn(CCC(N)=S)c(=O)c1. The highest BCUT2D eigenvalue weighted by Crippen LogP contribution is 1.88. The lowest BCUT2D eigenvalue weighted by molar-refractivity contribution is 0.592. The Balaban J connectivity index is 2.78. The van der Waals surface area contributed by atoms with Crippen molar-refractivity contribution in [1.82, 2.24) is 9.78 Å². The summed E-state index contributed by atoms with van der Waals surface area (Å²) < 4.78 is 1.35. The van der Waals surface area contributed by atoms with Gasteiger partial charge in [0.25, 0.3) is 5.56 Å². The smallest absolute Gasteiger partial charge is 0.266 e. The van der Waals surface area contributed by atoms with Gasteiger partial charge < -0.3 is 5.73 Å². The molecule has 0 amide bonds. The Morgan fingerprint density at radius 2 is 2.46 bits per heavy atom. The molecule has 0 aliphatic rings. The molecule has 0 fully saturated rings. The lowest BCUT2D eigenvalue weighted by atomic mass is 10.3. The zero-order valence-electron chi connectivity index (χ0n) is 7.36. The number of hydrogen-bond acceptors (Lipinski definition) is 3. The first-order valence-corrected chi connectivity index (χ1v) is 4.32. The van der Waals surface area contributed by atoms with Gasteiger partial charge in [0.15, 0.2) is 0 Å². The van der Waals surface area contributed by atoms with Gasteiger partial charge in [0.05, 0.1) is 17.7 Å². The first-order chi connectivity index (χ1) is 6.09. The summed E-state index contributed by atoms with van der Waals surface area (Å²) in [7, 11) is 0. The predicted octanol–water partition coefficient (Wildman–Crippen LogP) is 0.228. The van der Waals surface area contributed by atoms with Crippen LogP contribution in [0.5, 0.6) is 0 Å². The maximum atomic E-state index is 11.3. The van der Waals surface area contributed by atoms with E-state index >= 15 is 0 Å². The number of rotatable bonds is 3. The predicted molar refractivity (Wildman–Crippen MR) is 54.6 cm³/mol. The summed E-state index contributed by atoms with van der Waals surface area (Å²) in [6.45, 7) is 2.28. The average Bonchev–Trinajstić information content (AvgIpc) is 2.02. The van der Waals surface area contributed by atoms with E-state index in [1.54, 1.807) is 6.20 Å². The molecule has 0 unspecified atom stereocenters. The van der Waals surface area contributed by atoms with Gasteiger partial charge in [-0.25, -0.2) is 4.68 Å². The van der Waals surface area contributed by atoms with Crippen molar-refractivity contribution in [3.05, 3.63) is 28.2 Å². The zero-order valence-corrected chi connectivity index (χ0v) is 8.17. The van der Waals surface area contributed by atoms with Crippen molar-refractivity contribution in [3.8, 4) is 0 Å². The highest BCUT2D eigenvalue weighted by Gasteiger charge is 1.97. The molecule has 5 heteroatoms.